The molecule has 1 atom stereocenters. The summed E-state index contributed by atoms with van der Waals surface area (Å²) in [5, 5.41) is 8.98. The van der Waals surface area contributed by atoms with Gasteiger partial charge in [-0.25, -0.2) is 0 Å². The van der Waals surface area contributed by atoms with E-state index in [9.17, 15) is 0 Å². The first-order chi connectivity index (χ1) is 16.0. The van der Waals surface area contributed by atoms with Crippen LogP contribution in [0, 0.1) is 5.41 Å². The van der Waals surface area contributed by atoms with E-state index < -0.39 is 0 Å². The maximum Gasteiger partial charge on any atom is 0.119 e. The van der Waals surface area contributed by atoms with Gasteiger partial charge in [-0.3, -0.25) is 9.98 Å². The first kappa shape index (κ1) is 22.7. The van der Waals surface area contributed by atoms with Crippen molar-refractivity contribution in [2.45, 2.75) is 38.7 Å². The highest BCUT2D eigenvalue weighted by atomic mass is 16.5. The molecule has 33 heavy (non-hydrogen) atoms. The average molecular weight is 441 g/mol. The maximum absolute atomic E-state index is 8.98. The number of nitrogens with zero attached hydrogens (tertiary/aromatic N) is 3. The van der Waals surface area contributed by atoms with Crippen molar-refractivity contribution in [3.63, 3.8) is 0 Å². The molecule has 0 spiro atoms. The molecule has 0 amide bonds. The van der Waals surface area contributed by atoms with Gasteiger partial charge >= 0.3 is 0 Å². The van der Waals surface area contributed by atoms with Gasteiger partial charge in [0.2, 0.25) is 0 Å². The molecule has 0 fully saturated rings. The van der Waals surface area contributed by atoms with Crippen molar-refractivity contribution in [3.05, 3.63) is 95.3 Å². The van der Waals surface area contributed by atoms with Crippen LogP contribution < -0.4 is 4.74 Å². The number of hydrogen-bond acceptors (Lipinski definition) is 5. The number of pyridine rings is 1. The van der Waals surface area contributed by atoms with Crippen molar-refractivity contribution < 1.29 is 4.74 Å². The number of aliphatic imine (C=N–C) groups is 1. The number of rotatable bonds is 8. The molecule has 5 heteroatoms. The first-order valence-electron chi connectivity index (χ1n) is 11.6. The van der Waals surface area contributed by atoms with E-state index in [0.29, 0.717) is 18.2 Å². The van der Waals surface area contributed by atoms with Crippen LogP contribution in [-0.2, 0) is 6.61 Å². The molecule has 1 unspecified atom stereocenters. The van der Waals surface area contributed by atoms with Gasteiger partial charge in [-0.15, -0.1) is 0 Å². The molecule has 1 aromatic heterocycles. The number of nitrogens with one attached hydrogen (secondary N) is 1. The smallest absolute Gasteiger partial charge is 0.119 e. The Morgan fingerprint density at radius 3 is 2.27 bits per heavy atom. The Morgan fingerprint density at radius 1 is 0.970 bits per heavy atom. The lowest BCUT2D eigenvalue weighted by Gasteiger charge is -2.31. The van der Waals surface area contributed by atoms with Crippen LogP contribution in [-0.4, -0.2) is 41.6 Å². The summed E-state index contributed by atoms with van der Waals surface area (Å²) in [5.74, 6) is 2.07. The highest BCUT2D eigenvalue weighted by Gasteiger charge is 2.28. The summed E-state index contributed by atoms with van der Waals surface area (Å²) >= 11 is 0. The van der Waals surface area contributed by atoms with Crippen LogP contribution in [0.5, 0.6) is 5.75 Å². The van der Waals surface area contributed by atoms with Crippen LogP contribution >= 0.6 is 0 Å². The summed E-state index contributed by atoms with van der Waals surface area (Å²) in [6, 6.07) is 20.5. The molecule has 1 aliphatic heterocycles. The van der Waals surface area contributed by atoms with Gasteiger partial charge in [0.05, 0.1) is 11.6 Å². The summed E-state index contributed by atoms with van der Waals surface area (Å²) in [6.07, 6.45) is 4.51. The number of aromatic nitrogens is 1. The largest absolute Gasteiger partial charge is 0.489 e. The molecule has 0 saturated carbocycles. The van der Waals surface area contributed by atoms with E-state index >= 15 is 0 Å². The van der Waals surface area contributed by atoms with E-state index in [1.807, 2.05) is 24.3 Å². The normalized spacial score (nSPS) is 14.7. The third-order valence-electron chi connectivity index (χ3n) is 6.12. The van der Waals surface area contributed by atoms with Crippen molar-refractivity contribution in [1.82, 2.24) is 9.88 Å². The van der Waals surface area contributed by atoms with Gasteiger partial charge in [0, 0.05) is 32.5 Å². The number of ether oxygens (including phenoxy) is 1. The quantitative estimate of drug-likeness (QED) is 0.459. The molecule has 5 nitrogen and oxygen atoms in total. The molecule has 1 N–H and O–H groups in total. The predicted octanol–water partition coefficient (Wildman–Crippen LogP) is 5.67. The number of likely N-dealkylation sites (N-methyl/N-ethyl adjacent to an activating group) is 1. The summed E-state index contributed by atoms with van der Waals surface area (Å²) in [4.78, 5) is 11.1. The minimum absolute atomic E-state index is 0.227. The van der Waals surface area contributed by atoms with Crippen molar-refractivity contribution in [2.75, 3.05) is 20.1 Å². The molecule has 0 radical (unpaired) electrons. The fraction of sp³-hybridized carbons (Fsp3) is 0.321. The Bertz CT molecular complexity index is 1090. The number of hydrogen-bond donors (Lipinski definition) is 1. The number of amidine groups is 1. The van der Waals surface area contributed by atoms with E-state index in [-0.39, 0.29) is 5.92 Å². The summed E-state index contributed by atoms with van der Waals surface area (Å²) in [7, 11) is 2.06. The molecule has 2 heterocycles. The van der Waals surface area contributed by atoms with Gasteiger partial charge < -0.3 is 15.0 Å². The van der Waals surface area contributed by atoms with Gasteiger partial charge in [-0.1, -0.05) is 50.2 Å². The third kappa shape index (κ3) is 5.48. The van der Waals surface area contributed by atoms with Crippen LogP contribution in [0.1, 0.15) is 54.4 Å². The van der Waals surface area contributed by atoms with Crippen molar-refractivity contribution in [3.8, 4) is 5.75 Å². The third-order valence-corrected chi connectivity index (χ3v) is 6.12. The zero-order chi connectivity index (χ0) is 23.2. The molecule has 2 aromatic carbocycles. The van der Waals surface area contributed by atoms with E-state index in [4.69, 9.17) is 15.1 Å². The molecule has 0 aliphatic carbocycles. The second-order valence-corrected chi connectivity index (χ2v) is 8.85. The predicted molar refractivity (Wildman–Crippen MR) is 135 cm³/mol. The molecular weight excluding hydrogens is 408 g/mol. The van der Waals surface area contributed by atoms with Crippen LogP contribution in [0.25, 0.3) is 0 Å². The topological polar surface area (TPSA) is 61.6 Å². The molecule has 4 rings (SSSR count). The molecular formula is C28H32N4O. The summed E-state index contributed by atoms with van der Waals surface area (Å²) in [6.45, 7) is 6.69. The lowest BCUT2D eigenvalue weighted by Crippen LogP contribution is -2.39. The van der Waals surface area contributed by atoms with Gasteiger partial charge in [-0.2, -0.15) is 0 Å². The second kappa shape index (κ2) is 10.4. The Kier molecular flexibility index (Phi) is 7.18. The highest BCUT2D eigenvalue weighted by molar-refractivity contribution is 6.17. The molecule has 0 bridgehead atoms. The first-order valence-corrected chi connectivity index (χ1v) is 11.6. The van der Waals surface area contributed by atoms with Crippen molar-refractivity contribution in [2.24, 2.45) is 4.99 Å². The van der Waals surface area contributed by atoms with E-state index in [2.05, 4.69) is 67.2 Å². The average Bonchev–Trinajstić information content (AvgIpc) is 2.85. The SMILES string of the molecule is CC(C)c1ccc(COc2ccc(C(C(=N)c3ccncc3)C3=NCCCN3C)cc2)cc1. The number of benzene rings is 2. The highest BCUT2D eigenvalue weighted by Crippen LogP contribution is 2.28. The molecule has 170 valence electrons. The molecule has 3 aromatic rings. The van der Waals surface area contributed by atoms with E-state index in [0.717, 1.165) is 47.8 Å². The van der Waals surface area contributed by atoms with Gasteiger partial charge in [-0.05, 0) is 58.9 Å². The summed E-state index contributed by atoms with van der Waals surface area (Å²) < 4.78 is 6.04. The molecule has 1 aliphatic rings. The van der Waals surface area contributed by atoms with Crippen LogP contribution in [0.3, 0.4) is 0 Å². The zero-order valence-corrected chi connectivity index (χ0v) is 19.7. The van der Waals surface area contributed by atoms with Gasteiger partial charge in [0.15, 0.2) is 0 Å². The fourth-order valence-electron chi connectivity index (χ4n) is 4.11. The van der Waals surface area contributed by atoms with Crippen LogP contribution in [0.15, 0.2) is 78.0 Å². The van der Waals surface area contributed by atoms with Gasteiger partial charge in [0.1, 0.15) is 18.2 Å². The van der Waals surface area contributed by atoms with Gasteiger partial charge in [0.25, 0.3) is 0 Å². The van der Waals surface area contributed by atoms with Crippen molar-refractivity contribution in [1.29, 1.82) is 5.41 Å². The van der Waals surface area contributed by atoms with Crippen LogP contribution in [0.2, 0.25) is 0 Å². The van der Waals surface area contributed by atoms with E-state index in [1.54, 1.807) is 12.4 Å². The zero-order valence-electron chi connectivity index (χ0n) is 19.7. The Balaban J connectivity index is 1.53. The Hall–Kier alpha value is -3.47. The lowest BCUT2D eigenvalue weighted by atomic mass is 9.88. The van der Waals surface area contributed by atoms with E-state index in [1.165, 1.54) is 5.56 Å². The lowest BCUT2D eigenvalue weighted by molar-refractivity contribution is 0.306. The minimum Gasteiger partial charge on any atom is -0.489 e. The Morgan fingerprint density at radius 2 is 1.64 bits per heavy atom. The standard InChI is InChI=1S/C28H32N4O/c1-20(2)22-7-5-21(6-8-22)19-33-25-11-9-23(10-12-25)26(28-31-15-4-18-32(28)3)27(29)24-13-16-30-17-14-24/h5-14,16-17,20,26,29H,4,15,18-19H2,1-3H3. The fourth-order valence-corrected chi connectivity index (χ4v) is 4.11. The second-order valence-electron chi connectivity index (χ2n) is 8.85. The monoisotopic (exact) mass is 440 g/mol. The minimum atomic E-state index is -0.227. The maximum atomic E-state index is 8.98. The Labute approximate surface area is 196 Å². The summed E-state index contributed by atoms with van der Waals surface area (Å²) in [5.41, 5.74) is 4.92. The van der Waals surface area contributed by atoms with Crippen LogP contribution in [0.4, 0.5) is 0 Å². The van der Waals surface area contributed by atoms with Crippen molar-refractivity contribution >= 4 is 11.5 Å². The molecule has 0 saturated heterocycles.